The Morgan fingerprint density at radius 1 is 1.38 bits per heavy atom. The number of carbonyl (C=O) groups excluding carboxylic acids is 1. The first-order valence-corrected chi connectivity index (χ1v) is 7.71. The number of rotatable bonds is 5. The Labute approximate surface area is 140 Å². The number of ether oxygens (including phenoxy) is 1. The molecule has 0 spiro atoms. The molecule has 0 aliphatic carbocycles. The van der Waals surface area contributed by atoms with Crippen molar-refractivity contribution >= 4 is 49.3 Å². The zero-order valence-corrected chi connectivity index (χ0v) is 15.0. The largest absolute Gasteiger partial charge is 0.495 e. The molecule has 116 valence electrons. The van der Waals surface area contributed by atoms with E-state index in [0.717, 1.165) is 4.47 Å². The number of anilines is 1. The topological polar surface area (TPSA) is 96.9 Å². The van der Waals surface area contributed by atoms with Gasteiger partial charge in [0.1, 0.15) is 11.7 Å². The van der Waals surface area contributed by atoms with Gasteiger partial charge >= 0.3 is 0 Å². The fourth-order valence-electron chi connectivity index (χ4n) is 1.83. The smallest absolute Gasteiger partial charge is 0.235 e. The van der Waals surface area contributed by atoms with Gasteiger partial charge in [-0.15, -0.1) is 0 Å². The van der Waals surface area contributed by atoms with Crippen LogP contribution in [0.2, 0.25) is 0 Å². The number of hydrogen-bond acceptors (Lipinski definition) is 4. The van der Waals surface area contributed by atoms with Crippen molar-refractivity contribution in [1.82, 2.24) is 0 Å². The summed E-state index contributed by atoms with van der Waals surface area (Å²) in [6.45, 7) is 3.64. The predicted octanol–water partition coefficient (Wildman–Crippen LogP) is 3.18. The van der Waals surface area contributed by atoms with Gasteiger partial charge < -0.3 is 21.0 Å². The van der Waals surface area contributed by atoms with Crippen LogP contribution in [0.5, 0.6) is 5.75 Å². The van der Waals surface area contributed by atoms with Crippen molar-refractivity contribution in [2.75, 3.05) is 12.4 Å². The van der Waals surface area contributed by atoms with Crippen molar-refractivity contribution < 1.29 is 14.7 Å². The third-order valence-corrected chi connectivity index (χ3v) is 4.16. The van der Waals surface area contributed by atoms with Crippen LogP contribution in [0.3, 0.4) is 0 Å². The van der Waals surface area contributed by atoms with Crippen molar-refractivity contribution in [1.29, 1.82) is 0 Å². The van der Waals surface area contributed by atoms with E-state index in [-0.39, 0.29) is 17.7 Å². The molecule has 0 fully saturated rings. The molecule has 1 rings (SSSR count). The first-order valence-electron chi connectivity index (χ1n) is 6.13. The number of carbonyl (C=O) groups is 1. The Balaban J connectivity index is 3.07. The first kappa shape index (κ1) is 17.8. The SMILES string of the molecule is COc1cc(NC(=O)C(/C(N)=N/O)C(C)C)c(Br)cc1Br. The van der Waals surface area contributed by atoms with Gasteiger partial charge in [-0.25, -0.2) is 0 Å². The van der Waals surface area contributed by atoms with Crippen LogP contribution in [0.15, 0.2) is 26.2 Å². The van der Waals surface area contributed by atoms with E-state index in [0.29, 0.717) is 15.9 Å². The molecule has 8 heteroatoms. The summed E-state index contributed by atoms with van der Waals surface area (Å²) in [7, 11) is 1.53. The maximum absolute atomic E-state index is 12.3. The lowest BCUT2D eigenvalue weighted by molar-refractivity contribution is -0.119. The van der Waals surface area contributed by atoms with Crippen molar-refractivity contribution in [2.45, 2.75) is 13.8 Å². The maximum Gasteiger partial charge on any atom is 0.235 e. The Kier molecular flexibility index (Phi) is 6.47. The van der Waals surface area contributed by atoms with Crippen LogP contribution in [0.1, 0.15) is 13.8 Å². The minimum Gasteiger partial charge on any atom is -0.495 e. The van der Waals surface area contributed by atoms with Crippen LogP contribution in [-0.2, 0) is 4.79 Å². The lowest BCUT2D eigenvalue weighted by atomic mass is 9.94. The van der Waals surface area contributed by atoms with E-state index in [1.54, 1.807) is 12.1 Å². The van der Waals surface area contributed by atoms with Gasteiger partial charge in [-0.05, 0) is 43.8 Å². The number of hydrogen-bond donors (Lipinski definition) is 3. The molecular weight excluding hydrogens is 406 g/mol. The van der Waals surface area contributed by atoms with E-state index in [9.17, 15) is 4.79 Å². The van der Waals surface area contributed by atoms with Crippen LogP contribution in [-0.4, -0.2) is 24.1 Å². The summed E-state index contributed by atoms with van der Waals surface area (Å²) in [4.78, 5) is 12.3. The van der Waals surface area contributed by atoms with Gasteiger partial charge in [-0.2, -0.15) is 0 Å². The highest BCUT2D eigenvalue weighted by Gasteiger charge is 2.27. The molecule has 0 bridgehead atoms. The fraction of sp³-hybridized carbons (Fsp3) is 0.385. The zero-order valence-electron chi connectivity index (χ0n) is 11.9. The van der Waals surface area contributed by atoms with E-state index in [2.05, 4.69) is 42.3 Å². The van der Waals surface area contributed by atoms with Gasteiger partial charge in [-0.3, -0.25) is 4.79 Å². The molecule has 0 aromatic heterocycles. The molecule has 0 radical (unpaired) electrons. The summed E-state index contributed by atoms with van der Waals surface area (Å²) in [5, 5.41) is 14.5. The predicted molar refractivity (Wildman–Crippen MR) is 88.8 cm³/mol. The highest BCUT2D eigenvalue weighted by Crippen LogP contribution is 2.34. The van der Waals surface area contributed by atoms with Gasteiger partial charge in [0.2, 0.25) is 5.91 Å². The molecule has 0 aliphatic heterocycles. The molecule has 1 unspecified atom stereocenters. The molecule has 21 heavy (non-hydrogen) atoms. The number of methoxy groups -OCH3 is 1. The molecule has 0 heterocycles. The number of oxime groups is 1. The summed E-state index contributed by atoms with van der Waals surface area (Å²) < 4.78 is 6.63. The molecule has 1 amide bonds. The average molecular weight is 423 g/mol. The van der Waals surface area contributed by atoms with Gasteiger partial charge in [0, 0.05) is 10.5 Å². The Morgan fingerprint density at radius 2 is 2.00 bits per heavy atom. The summed E-state index contributed by atoms with van der Waals surface area (Å²) in [5.41, 5.74) is 6.12. The Bertz CT molecular complexity index is 562. The third-order valence-electron chi connectivity index (χ3n) is 2.88. The second kappa shape index (κ2) is 7.65. The number of amidine groups is 1. The minimum atomic E-state index is -0.725. The summed E-state index contributed by atoms with van der Waals surface area (Å²) in [5.74, 6) is -0.736. The fourth-order valence-corrected chi connectivity index (χ4v) is 3.09. The van der Waals surface area contributed by atoms with Gasteiger partial charge in [0.05, 0.1) is 17.3 Å². The van der Waals surface area contributed by atoms with Gasteiger partial charge in [-0.1, -0.05) is 19.0 Å². The molecule has 1 aromatic carbocycles. The van der Waals surface area contributed by atoms with Crippen molar-refractivity contribution in [3.63, 3.8) is 0 Å². The monoisotopic (exact) mass is 421 g/mol. The minimum absolute atomic E-state index is 0.114. The molecule has 1 atom stereocenters. The second-order valence-electron chi connectivity index (χ2n) is 4.70. The molecule has 6 nitrogen and oxygen atoms in total. The van der Waals surface area contributed by atoms with E-state index < -0.39 is 5.92 Å². The van der Waals surface area contributed by atoms with Gasteiger partial charge in [0.15, 0.2) is 5.84 Å². The molecule has 1 aromatic rings. The number of benzene rings is 1. The zero-order chi connectivity index (χ0) is 16.2. The van der Waals surface area contributed by atoms with Crippen LogP contribution in [0.4, 0.5) is 5.69 Å². The Hall–Kier alpha value is -1.28. The van der Waals surface area contributed by atoms with E-state index in [4.69, 9.17) is 15.7 Å². The van der Waals surface area contributed by atoms with Crippen molar-refractivity contribution in [2.24, 2.45) is 22.7 Å². The standard InChI is InChI=1S/C13H17Br2N3O3/c1-6(2)11(12(16)18-20)13(19)17-9-5-10(21-3)8(15)4-7(9)14/h4-6,11,20H,1-3H3,(H2,16,18)(H,17,19). The van der Waals surface area contributed by atoms with Crippen LogP contribution >= 0.6 is 31.9 Å². The highest BCUT2D eigenvalue weighted by atomic mass is 79.9. The summed E-state index contributed by atoms with van der Waals surface area (Å²) in [6.07, 6.45) is 0. The number of nitrogens with one attached hydrogen (secondary N) is 1. The molecule has 0 aliphatic rings. The summed E-state index contributed by atoms with van der Waals surface area (Å²) in [6, 6.07) is 3.44. The van der Waals surface area contributed by atoms with E-state index in [1.165, 1.54) is 7.11 Å². The lowest BCUT2D eigenvalue weighted by Gasteiger charge is -2.19. The molecule has 0 saturated carbocycles. The molecule has 0 saturated heterocycles. The maximum atomic E-state index is 12.3. The van der Waals surface area contributed by atoms with Crippen LogP contribution in [0, 0.1) is 11.8 Å². The summed E-state index contributed by atoms with van der Waals surface area (Å²) >= 11 is 6.72. The van der Waals surface area contributed by atoms with E-state index >= 15 is 0 Å². The van der Waals surface area contributed by atoms with Gasteiger partial charge in [0.25, 0.3) is 0 Å². The Morgan fingerprint density at radius 3 is 2.48 bits per heavy atom. The molecule has 4 N–H and O–H groups in total. The number of nitrogens with zero attached hydrogens (tertiary/aromatic N) is 1. The van der Waals surface area contributed by atoms with Crippen LogP contribution in [0.25, 0.3) is 0 Å². The highest BCUT2D eigenvalue weighted by molar-refractivity contribution is 9.11. The van der Waals surface area contributed by atoms with E-state index in [1.807, 2.05) is 13.8 Å². The molecular formula is C13H17Br2N3O3. The number of nitrogens with two attached hydrogens (primary N) is 1. The quantitative estimate of drug-likeness (QED) is 0.294. The third kappa shape index (κ3) is 4.34. The second-order valence-corrected chi connectivity index (χ2v) is 6.41. The van der Waals surface area contributed by atoms with Crippen molar-refractivity contribution in [3.05, 3.63) is 21.1 Å². The van der Waals surface area contributed by atoms with Crippen LogP contribution < -0.4 is 15.8 Å². The lowest BCUT2D eigenvalue weighted by Crippen LogP contribution is -2.38. The first-order chi connectivity index (χ1) is 9.81. The van der Waals surface area contributed by atoms with Crippen molar-refractivity contribution in [3.8, 4) is 5.75 Å². The average Bonchev–Trinajstić information content (AvgIpc) is 2.41. The number of halogens is 2. The normalized spacial score (nSPS) is 13.1. The number of amides is 1.